The molecule has 0 aliphatic rings. The maximum atomic E-state index is 12.3. The Morgan fingerprint density at radius 1 is 1.12 bits per heavy atom. The van der Waals surface area contributed by atoms with E-state index in [4.69, 9.17) is 11.6 Å². The van der Waals surface area contributed by atoms with Gasteiger partial charge in [0.1, 0.15) is 17.0 Å². The average molecular weight is 248 g/mol. The van der Waals surface area contributed by atoms with Crippen LogP contribution in [0.5, 0.6) is 0 Å². The van der Waals surface area contributed by atoms with E-state index in [1.165, 1.54) is 18.4 Å². The van der Waals surface area contributed by atoms with E-state index in [1.807, 2.05) is 0 Å². The first-order chi connectivity index (χ1) is 7.48. The normalized spacial score (nSPS) is 11.8. The van der Waals surface area contributed by atoms with Gasteiger partial charge in [0, 0.05) is 5.56 Å². The van der Waals surface area contributed by atoms with Crippen LogP contribution in [0.1, 0.15) is 5.56 Å². The second-order valence-corrected chi connectivity index (χ2v) is 3.49. The minimum absolute atomic E-state index is 0.264. The second-order valence-electron chi connectivity index (χ2n) is 3.09. The van der Waals surface area contributed by atoms with Gasteiger partial charge in [0.25, 0.3) is 0 Å². The van der Waals surface area contributed by atoms with Crippen molar-refractivity contribution >= 4 is 11.6 Å². The van der Waals surface area contributed by atoms with Crippen molar-refractivity contribution in [3.8, 4) is 11.3 Å². The number of hydrogen-bond donors (Lipinski definition) is 0. The zero-order valence-electron chi connectivity index (χ0n) is 7.75. The largest absolute Gasteiger partial charge is 0.416 e. The van der Waals surface area contributed by atoms with Gasteiger partial charge in [-0.3, -0.25) is 0 Å². The summed E-state index contributed by atoms with van der Waals surface area (Å²) in [6.45, 7) is 0. The van der Waals surface area contributed by atoms with Crippen molar-refractivity contribution in [3.05, 3.63) is 41.1 Å². The Kier molecular flexibility index (Phi) is 2.63. The number of hydrogen-bond acceptors (Lipinski definition) is 2. The maximum Gasteiger partial charge on any atom is 0.416 e. The van der Waals surface area contributed by atoms with Gasteiger partial charge in [-0.25, -0.2) is 0 Å². The van der Waals surface area contributed by atoms with E-state index in [0.29, 0.717) is 11.3 Å². The van der Waals surface area contributed by atoms with Crippen LogP contribution in [-0.4, -0.2) is 5.16 Å². The quantitative estimate of drug-likeness (QED) is 0.761. The molecule has 16 heavy (non-hydrogen) atoms. The molecule has 0 amide bonds. The minimum Gasteiger partial charge on any atom is -0.363 e. The van der Waals surface area contributed by atoms with E-state index in [0.717, 1.165) is 12.1 Å². The van der Waals surface area contributed by atoms with Gasteiger partial charge < -0.3 is 4.52 Å². The summed E-state index contributed by atoms with van der Waals surface area (Å²) in [5, 5.41) is 3.85. The fraction of sp³-hybridized carbons (Fsp3) is 0.100. The molecule has 0 N–H and O–H groups in total. The molecule has 0 atom stereocenters. The van der Waals surface area contributed by atoms with E-state index in [2.05, 4.69) is 9.68 Å². The van der Waals surface area contributed by atoms with E-state index >= 15 is 0 Å². The van der Waals surface area contributed by atoms with Crippen molar-refractivity contribution in [2.75, 3.05) is 0 Å². The van der Waals surface area contributed by atoms with Crippen LogP contribution >= 0.6 is 11.6 Å². The molecule has 1 aromatic carbocycles. The summed E-state index contributed by atoms with van der Waals surface area (Å²) in [6, 6.07) is 4.54. The fourth-order valence-electron chi connectivity index (χ4n) is 1.23. The summed E-state index contributed by atoms with van der Waals surface area (Å²) in [4.78, 5) is 0. The third-order valence-corrected chi connectivity index (χ3v) is 2.28. The number of aromatic nitrogens is 1. The van der Waals surface area contributed by atoms with E-state index in [1.54, 1.807) is 0 Å². The molecule has 1 aromatic heterocycles. The average Bonchev–Trinajstić information content (AvgIpc) is 2.63. The van der Waals surface area contributed by atoms with Crippen LogP contribution < -0.4 is 0 Å². The first-order valence-electron chi connectivity index (χ1n) is 4.26. The second kappa shape index (κ2) is 3.83. The van der Waals surface area contributed by atoms with Gasteiger partial charge in [0.2, 0.25) is 0 Å². The van der Waals surface area contributed by atoms with Crippen LogP contribution in [0.3, 0.4) is 0 Å². The summed E-state index contributed by atoms with van der Waals surface area (Å²) in [7, 11) is 0. The Hall–Kier alpha value is -1.49. The number of nitrogens with zero attached hydrogens (tertiary/aromatic N) is 1. The number of halogens is 4. The molecule has 6 heteroatoms. The van der Waals surface area contributed by atoms with Crippen molar-refractivity contribution < 1.29 is 17.7 Å². The standard InChI is InChI=1S/C10H5ClF3NO/c11-8-5-16-15-9(8)6-1-3-7(4-2-6)10(12,13)14/h1-5H. The van der Waals surface area contributed by atoms with Gasteiger partial charge in [-0.15, -0.1) is 0 Å². The maximum absolute atomic E-state index is 12.3. The Morgan fingerprint density at radius 3 is 2.19 bits per heavy atom. The Labute approximate surface area is 93.6 Å². The minimum atomic E-state index is -4.34. The smallest absolute Gasteiger partial charge is 0.363 e. The molecule has 0 saturated carbocycles. The molecule has 0 aliphatic carbocycles. The topological polar surface area (TPSA) is 26.0 Å². The van der Waals surface area contributed by atoms with Gasteiger partial charge in [0.15, 0.2) is 0 Å². The van der Waals surface area contributed by atoms with E-state index in [9.17, 15) is 13.2 Å². The number of rotatable bonds is 1. The molecular formula is C10H5ClF3NO. The van der Waals surface area contributed by atoms with E-state index in [-0.39, 0.29) is 5.02 Å². The van der Waals surface area contributed by atoms with Crippen molar-refractivity contribution in [2.24, 2.45) is 0 Å². The lowest BCUT2D eigenvalue weighted by atomic mass is 10.1. The molecule has 2 aromatic rings. The van der Waals surface area contributed by atoms with Gasteiger partial charge >= 0.3 is 6.18 Å². The monoisotopic (exact) mass is 247 g/mol. The highest BCUT2D eigenvalue weighted by molar-refractivity contribution is 6.32. The summed E-state index contributed by atoms with van der Waals surface area (Å²) in [6.07, 6.45) is -3.12. The van der Waals surface area contributed by atoms with Crippen LogP contribution in [-0.2, 0) is 6.18 Å². The van der Waals surface area contributed by atoms with Crippen LogP contribution in [0.4, 0.5) is 13.2 Å². The molecule has 0 aliphatic heterocycles. The fourth-order valence-corrected chi connectivity index (χ4v) is 1.42. The first-order valence-corrected chi connectivity index (χ1v) is 4.64. The Morgan fingerprint density at radius 2 is 1.75 bits per heavy atom. The summed E-state index contributed by atoms with van der Waals surface area (Å²) >= 11 is 5.73. The summed E-state index contributed by atoms with van der Waals surface area (Å²) < 4.78 is 41.4. The van der Waals surface area contributed by atoms with Crippen LogP contribution in [0.15, 0.2) is 35.1 Å². The number of alkyl halides is 3. The van der Waals surface area contributed by atoms with Crippen LogP contribution in [0, 0.1) is 0 Å². The van der Waals surface area contributed by atoms with Gasteiger partial charge in [-0.1, -0.05) is 28.9 Å². The van der Waals surface area contributed by atoms with E-state index < -0.39 is 11.7 Å². The third-order valence-electron chi connectivity index (χ3n) is 2.01. The molecule has 1 heterocycles. The van der Waals surface area contributed by atoms with Gasteiger partial charge in [-0.2, -0.15) is 13.2 Å². The first kappa shape index (κ1) is 11.0. The molecule has 84 valence electrons. The summed E-state index contributed by atoms with van der Waals surface area (Å²) in [5.41, 5.74) is 0.0954. The lowest BCUT2D eigenvalue weighted by Gasteiger charge is -2.06. The predicted octanol–water partition coefficient (Wildman–Crippen LogP) is 4.01. The molecule has 0 spiro atoms. The molecular weight excluding hydrogens is 243 g/mol. The number of benzene rings is 1. The summed E-state index contributed by atoms with van der Waals surface area (Å²) in [5.74, 6) is 0. The SMILES string of the molecule is FC(F)(F)c1ccc(-c2nocc2Cl)cc1. The van der Waals surface area contributed by atoms with Crippen molar-refractivity contribution in [1.82, 2.24) is 5.16 Å². The highest BCUT2D eigenvalue weighted by atomic mass is 35.5. The predicted molar refractivity (Wildman–Crippen MR) is 52.0 cm³/mol. The molecule has 2 rings (SSSR count). The molecule has 0 saturated heterocycles. The molecule has 0 radical (unpaired) electrons. The highest BCUT2D eigenvalue weighted by Crippen LogP contribution is 2.32. The molecule has 0 bridgehead atoms. The van der Waals surface area contributed by atoms with Crippen molar-refractivity contribution in [3.63, 3.8) is 0 Å². The lowest BCUT2D eigenvalue weighted by Crippen LogP contribution is -2.03. The Bertz CT molecular complexity index is 490. The zero-order valence-corrected chi connectivity index (χ0v) is 8.51. The van der Waals surface area contributed by atoms with Gasteiger partial charge in [0.05, 0.1) is 5.56 Å². The van der Waals surface area contributed by atoms with Gasteiger partial charge in [-0.05, 0) is 12.1 Å². The molecule has 2 nitrogen and oxygen atoms in total. The lowest BCUT2D eigenvalue weighted by molar-refractivity contribution is -0.137. The highest BCUT2D eigenvalue weighted by Gasteiger charge is 2.30. The molecule has 0 fully saturated rings. The van der Waals surface area contributed by atoms with Crippen LogP contribution in [0.2, 0.25) is 5.02 Å². The van der Waals surface area contributed by atoms with Crippen LogP contribution in [0.25, 0.3) is 11.3 Å². The Balaban J connectivity index is 2.37. The molecule has 0 unspecified atom stereocenters. The third kappa shape index (κ3) is 2.04. The zero-order chi connectivity index (χ0) is 11.8. The van der Waals surface area contributed by atoms with Crippen molar-refractivity contribution in [1.29, 1.82) is 0 Å². The van der Waals surface area contributed by atoms with Crippen molar-refractivity contribution in [2.45, 2.75) is 6.18 Å².